The Labute approximate surface area is 197 Å². The molecule has 1 saturated carbocycles. The molecular formula is C26H27FN4O3. The van der Waals surface area contributed by atoms with E-state index in [9.17, 15) is 9.18 Å². The summed E-state index contributed by atoms with van der Waals surface area (Å²) in [6, 6.07) is 6.79. The number of aromatic nitrogens is 2. The van der Waals surface area contributed by atoms with Gasteiger partial charge in [-0.1, -0.05) is 6.07 Å². The molecule has 1 aliphatic carbocycles. The average molecular weight is 463 g/mol. The van der Waals surface area contributed by atoms with Gasteiger partial charge in [-0.15, -0.1) is 0 Å². The summed E-state index contributed by atoms with van der Waals surface area (Å²) in [5.41, 5.74) is 4.75. The molecule has 0 bridgehead atoms. The summed E-state index contributed by atoms with van der Waals surface area (Å²) in [6.45, 7) is 3.68. The van der Waals surface area contributed by atoms with E-state index in [0.717, 1.165) is 49.2 Å². The highest BCUT2D eigenvalue weighted by Gasteiger charge is 2.51. The molecule has 2 aromatic heterocycles. The van der Waals surface area contributed by atoms with E-state index in [0.29, 0.717) is 41.4 Å². The van der Waals surface area contributed by atoms with Crippen LogP contribution in [0, 0.1) is 12.7 Å². The van der Waals surface area contributed by atoms with Gasteiger partial charge in [0.05, 0.1) is 35.9 Å². The Morgan fingerprint density at radius 3 is 2.94 bits per heavy atom. The maximum absolute atomic E-state index is 14.3. The molecule has 1 amide bonds. The number of anilines is 2. The third-order valence-corrected chi connectivity index (χ3v) is 7.27. The van der Waals surface area contributed by atoms with Crippen molar-refractivity contribution in [1.82, 2.24) is 15.3 Å². The van der Waals surface area contributed by atoms with Gasteiger partial charge in [0.2, 0.25) is 0 Å². The fraction of sp³-hybridized carbons (Fsp3) is 0.385. The van der Waals surface area contributed by atoms with Gasteiger partial charge in [0, 0.05) is 53.7 Å². The summed E-state index contributed by atoms with van der Waals surface area (Å²) in [6.07, 6.45) is 7.56. The highest BCUT2D eigenvalue weighted by atomic mass is 19.1. The number of nitrogens with one attached hydrogen (secondary N) is 3. The lowest BCUT2D eigenvalue weighted by Crippen LogP contribution is -2.39. The summed E-state index contributed by atoms with van der Waals surface area (Å²) in [7, 11) is 0. The second-order valence-corrected chi connectivity index (χ2v) is 9.42. The minimum absolute atomic E-state index is 0.0650. The number of benzene rings is 1. The standard InChI is InChI=1S/C26H27FN4O3/c1-15-18(27)3-2-4-19(15)30-23-21-24(26(8-9-26)14-29-25(21)32)31-22(23)17-5-10-28-13-20(17)34-12-7-16-6-11-33-16/h2-5,10,13,16,30-31H,6-9,11-12,14H2,1H3,(H,29,32)/t16-/m1/s1. The Kier molecular flexibility index (Phi) is 5.06. The molecule has 3 N–H and O–H groups in total. The SMILES string of the molecule is Cc1c(F)cccc1Nc1c(-c2ccncc2OCC[C@H]2CCO2)[nH]c2c1C(=O)NCC21CC1. The molecule has 6 rings (SSSR count). The minimum Gasteiger partial charge on any atom is -0.491 e. The molecule has 8 heteroatoms. The third-order valence-electron chi connectivity index (χ3n) is 7.27. The van der Waals surface area contributed by atoms with E-state index in [1.54, 1.807) is 25.4 Å². The van der Waals surface area contributed by atoms with E-state index >= 15 is 0 Å². The van der Waals surface area contributed by atoms with Crippen molar-refractivity contribution in [3.63, 3.8) is 0 Å². The Morgan fingerprint density at radius 2 is 2.18 bits per heavy atom. The number of hydrogen-bond donors (Lipinski definition) is 3. The number of nitrogens with zero attached hydrogens (tertiary/aromatic N) is 1. The quantitative estimate of drug-likeness (QED) is 0.478. The van der Waals surface area contributed by atoms with Crippen LogP contribution < -0.4 is 15.4 Å². The number of pyridine rings is 1. The van der Waals surface area contributed by atoms with Crippen LogP contribution in [-0.2, 0) is 10.2 Å². The van der Waals surface area contributed by atoms with Crippen LogP contribution in [0.25, 0.3) is 11.3 Å². The maximum Gasteiger partial charge on any atom is 0.255 e. The van der Waals surface area contributed by atoms with Crippen LogP contribution in [0.1, 0.15) is 47.3 Å². The highest BCUT2D eigenvalue weighted by Crippen LogP contribution is 2.54. The zero-order valence-corrected chi connectivity index (χ0v) is 19.0. The molecule has 1 aromatic carbocycles. The van der Waals surface area contributed by atoms with Crippen molar-refractivity contribution >= 4 is 17.3 Å². The lowest BCUT2D eigenvalue weighted by atomic mass is 9.93. The Hall–Kier alpha value is -3.39. The lowest BCUT2D eigenvalue weighted by Gasteiger charge is -2.26. The number of ether oxygens (including phenoxy) is 2. The number of fused-ring (bicyclic) bond motifs is 2. The molecule has 176 valence electrons. The predicted octanol–water partition coefficient (Wildman–Crippen LogP) is 4.60. The second kappa shape index (κ2) is 8.13. The highest BCUT2D eigenvalue weighted by molar-refractivity contribution is 6.07. The van der Waals surface area contributed by atoms with Crippen LogP contribution in [-0.4, -0.2) is 41.7 Å². The van der Waals surface area contributed by atoms with Crippen molar-refractivity contribution in [3.05, 3.63) is 59.3 Å². The van der Waals surface area contributed by atoms with Crippen LogP contribution in [0.5, 0.6) is 5.75 Å². The molecule has 2 aliphatic heterocycles. The molecular weight excluding hydrogens is 435 g/mol. The number of H-pyrrole nitrogens is 1. The monoisotopic (exact) mass is 462 g/mol. The van der Waals surface area contributed by atoms with Gasteiger partial charge in [0.25, 0.3) is 5.91 Å². The normalized spacial score (nSPS) is 19.8. The Morgan fingerprint density at radius 1 is 1.32 bits per heavy atom. The molecule has 1 atom stereocenters. The fourth-order valence-electron chi connectivity index (χ4n) is 4.85. The van der Waals surface area contributed by atoms with Gasteiger partial charge in [-0.05, 0) is 44.4 Å². The van der Waals surface area contributed by atoms with Crippen molar-refractivity contribution < 1.29 is 18.7 Å². The number of carbonyl (C=O) groups excluding carboxylic acids is 1. The first kappa shape index (κ1) is 21.2. The van der Waals surface area contributed by atoms with Crippen molar-refractivity contribution in [2.75, 3.05) is 25.1 Å². The molecule has 3 aromatic rings. The van der Waals surface area contributed by atoms with Gasteiger partial charge >= 0.3 is 0 Å². The van der Waals surface area contributed by atoms with E-state index in [-0.39, 0.29) is 23.2 Å². The first-order valence-corrected chi connectivity index (χ1v) is 11.8. The van der Waals surface area contributed by atoms with E-state index in [4.69, 9.17) is 9.47 Å². The largest absolute Gasteiger partial charge is 0.491 e. The number of amides is 1. The van der Waals surface area contributed by atoms with E-state index < -0.39 is 0 Å². The van der Waals surface area contributed by atoms with Gasteiger partial charge in [-0.2, -0.15) is 0 Å². The van der Waals surface area contributed by atoms with Gasteiger partial charge in [0.15, 0.2) is 0 Å². The first-order valence-electron chi connectivity index (χ1n) is 11.8. The topological polar surface area (TPSA) is 88.3 Å². The summed E-state index contributed by atoms with van der Waals surface area (Å²) < 4.78 is 25.9. The van der Waals surface area contributed by atoms with Crippen LogP contribution in [0.3, 0.4) is 0 Å². The number of rotatable bonds is 7. The van der Waals surface area contributed by atoms with Gasteiger partial charge in [-0.25, -0.2) is 4.39 Å². The van der Waals surface area contributed by atoms with Gasteiger partial charge < -0.3 is 25.1 Å². The number of aromatic amines is 1. The van der Waals surface area contributed by atoms with E-state index in [2.05, 4.69) is 20.6 Å². The Balaban J connectivity index is 1.44. The molecule has 0 unspecified atom stereocenters. The number of halogens is 1. The predicted molar refractivity (Wildman–Crippen MR) is 126 cm³/mol. The molecule has 4 heterocycles. The van der Waals surface area contributed by atoms with E-state index in [1.165, 1.54) is 6.07 Å². The number of carbonyl (C=O) groups is 1. The smallest absolute Gasteiger partial charge is 0.255 e. The first-order chi connectivity index (χ1) is 16.6. The lowest BCUT2D eigenvalue weighted by molar-refractivity contribution is -0.0596. The van der Waals surface area contributed by atoms with Crippen LogP contribution in [0.15, 0.2) is 36.7 Å². The zero-order valence-electron chi connectivity index (χ0n) is 19.0. The molecule has 0 radical (unpaired) electrons. The Bertz CT molecular complexity index is 1260. The molecule has 2 fully saturated rings. The van der Waals surface area contributed by atoms with Crippen molar-refractivity contribution in [2.45, 2.75) is 44.1 Å². The van der Waals surface area contributed by atoms with Crippen molar-refractivity contribution in [3.8, 4) is 17.0 Å². The van der Waals surface area contributed by atoms with Gasteiger partial charge in [-0.3, -0.25) is 9.78 Å². The minimum atomic E-state index is -0.301. The van der Waals surface area contributed by atoms with Gasteiger partial charge in [0.1, 0.15) is 11.6 Å². The van der Waals surface area contributed by atoms with Crippen LogP contribution >= 0.6 is 0 Å². The molecule has 1 spiro atoms. The summed E-state index contributed by atoms with van der Waals surface area (Å²) >= 11 is 0. The number of hydrogen-bond acceptors (Lipinski definition) is 5. The molecule has 34 heavy (non-hydrogen) atoms. The molecule has 7 nitrogen and oxygen atoms in total. The van der Waals surface area contributed by atoms with E-state index in [1.807, 2.05) is 12.1 Å². The summed E-state index contributed by atoms with van der Waals surface area (Å²) in [5, 5.41) is 6.43. The summed E-state index contributed by atoms with van der Waals surface area (Å²) in [5.74, 6) is 0.195. The maximum atomic E-state index is 14.3. The van der Waals surface area contributed by atoms with Crippen molar-refractivity contribution in [2.24, 2.45) is 0 Å². The van der Waals surface area contributed by atoms with Crippen molar-refractivity contribution in [1.29, 1.82) is 0 Å². The molecule has 3 aliphatic rings. The molecule has 1 saturated heterocycles. The second-order valence-electron chi connectivity index (χ2n) is 9.42. The third kappa shape index (κ3) is 3.53. The fourth-order valence-corrected chi connectivity index (χ4v) is 4.85. The summed E-state index contributed by atoms with van der Waals surface area (Å²) in [4.78, 5) is 20.9. The average Bonchev–Trinajstić information content (AvgIpc) is 3.49. The van der Waals surface area contributed by atoms with Crippen LogP contribution in [0.2, 0.25) is 0 Å². The van der Waals surface area contributed by atoms with Crippen LogP contribution in [0.4, 0.5) is 15.8 Å². The zero-order chi connectivity index (χ0) is 23.3.